The predicted molar refractivity (Wildman–Crippen MR) is 85.4 cm³/mol. The van der Waals surface area contributed by atoms with Gasteiger partial charge in [-0.05, 0) is 37.1 Å². The molecule has 3 heterocycles. The molecule has 22 heavy (non-hydrogen) atoms. The number of benzene rings is 1. The fraction of sp³-hybridized carbons (Fsp3) is 0.556. The highest BCUT2D eigenvalue weighted by Crippen LogP contribution is 2.46. The van der Waals surface area contributed by atoms with E-state index in [9.17, 15) is 0 Å². The molecule has 2 aliphatic heterocycles. The van der Waals surface area contributed by atoms with Crippen molar-refractivity contribution in [1.29, 1.82) is 0 Å². The van der Waals surface area contributed by atoms with E-state index >= 15 is 0 Å². The molecule has 3 fully saturated rings. The van der Waals surface area contributed by atoms with Gasteiger partial charge >= 0.3 is 0 Å². The van der Waals surface area contributed by atoms with Crippen LogP contribution in [0.5, 0.6) is 5.75 Å². The zero-order valence-electron chi connectivity index (χ0n) is 13.0. The van der Waals surface area contributed by atoms with Crippen molar-refractivity contribution in [2.24, 2.45) is 5.41 Å². The average molecular weight is 298 g/mol. The van der Waals surface area contributed by atoms with Gasteiger partial charge in [-0.3, -0.25) is 4.90 Å². The number of methoxy groups -OCH3 is 1. The normalized spacial score (nSPS) is 29.9. The molecule has 2 saturated heterocycles. The van der Waals surface area contributed by atoms with Gasteiger partial charge in [0.1, 0.15) is 5.75 Å². The number of ether oxygens (including phenoxy) is 2. The lowest BCUT2D eigenvalue weighted by molar-refractivity contribution is -0.208. The van der Waals surface area contributed by atoms with Crippen LogP contribution in [0.15, 0.2) is 30.5 Å². The first kappa shape index (κ1) is 13.0. The van der Waals surface area contributed by atoms with E-state index in [4.69, 9.17) is 9.47 Å². The summed E-state index contributed by atoms with van der Waals surface area (Å²) in [6.45, 7) is 4.43. The van der Waals surface area contributed by atoms with Gasteiger partial charge in [-0.1, -0.05) is 0 Å². The third kappa shape index (κ3) is 1.71. The van der Waals surface area contributed by atoms with Crippen molar-refractivity contribution in [3.63, 3.8) is 0 Å². The molecule has 0 radical (unpaired) electrons. The van der Waals surface area contributed by atoms with Crippen molar-refractivity contribution in [1.82, 2.24) is 9.47 Å². The molecular formula is C18H22N2O2. The second-order valence-corrected chi connectivity index (χ2v) is 7.26. The molecule has 1 saturated carbocycles. The van der Waals surface area contributed by atoms with Crippen molar-refractivity contribution in [2.45, 2.75) is 24.9 Å². The van der Waals surface area contributed by atoms with Crippen LogP contribution in [0.1, 0.15) is 18.9 Å². The Morgan fingerprint density at radius 1 is 1.14 bits per heavy atom. The van der Waals surface area contributed by atoms with E-state index in [0.717, 1.165) is 19.0 Å². The van der Waals surface area contributed by atoms with Crippen molar-refractivity contribution in [2.75, 3.05) is 33.4 Å². The SMILES string of the molecule is COc1ccc2c(ccn2C2CCC2N2CC3(COC3)C2)c1. The molecule has 2 unspecified atom stereocenters. The lowest BCUT2D eigenvalue weighted by atomic mass is 9.73. The zero-order chi connectivity index (χ0) is 14.7. The number of aromatic nitrogens is 1. The molecule has 1 aromatic carbocycles. The summed E-state index contributed by atoms with van der Waals surface area (Å²) in [6, 6.07) is 9.94. The fourth-order valence-corrected chi connectivity index (χ4v) is 4.40. The predicted octanol–water partition coefficient (Wildman–Crippen LogP) is 2.69. The Hall–Kier alpha value is -1.52. The second-order valence-electron chi connectivity index (χ2n) is 7.26. The number of fused-ring (bicyclic) bond motifs is 1. The van der Waals surface area contributed by atoms with Gasteiger partial charge < -0.3 is 14.0 Å². The quantitative estimate of drug-likeness (QED) is 0.871. The Balaban J connectivity index is 1.38. The van der Waals surface area contributed by atoms with E-state index in [1.165, 1.54) is 36.8 Å². The van der Waals surface area contributed by atoms with E-state index in [1.807, 2.05) is 0 Å². The van der Waals surface area contributed by atoms with Gasteiger partial charge in [-0.15, -0.1) is 0 Å². The van der Waals surface area contributed by atoms with Gasteiger partial charge in [0.05, 0.1) is 20.3 Å². The van der Waals surface area contributed by atoms with Gasteiger partial charge in [-0.2, -0.15) is 0 Å². The highest BCUT2D eigenvalue weighted by molar-refractivity contribution is 5.81. The van der Waals surface area contributed by atoms with Crippen LogP contribution in [-0.2, 0) is 4.74 Å². The topological polar surface area (TPSA) is 26.6 Å². The van der Waals surface area contributed by atoms with Gasteiger partial charge in [0.2, 0.25) is 0 Å². The smallest absolute Gasteiger partial charge is 0.119 e. The van der Waals surface area contributed by atoms with Crippen molar-refractivity contribution in [3.05, 3.63) is 30.5 Å². The Morgan fingerprint density at radius 2 is 1.95 bits per heavy atom. The van der Waals surface area contributed by atoms with Crippen LogP contribution >= 0.6 is 0 Å². The summed E-state index contributed by atoms with van der Waals surface area (Å²) >= 11 is 0. The summed E-state index contributed by atoms with van der Waals surface area (Å²) in [5, 5.41) is 1.28. The largest absolute Gasteiger partial charge is 0.497 e. The zero-order valence-corrected chi connectivity index (χ0v) is 13.0. The van der Waals surface area contributed by atoms with E-state index in [2.05, 4.69) is 39.9 Å². The summed E-state index contributed by atoms with van der Waals surface area (Å²) in [5.41, 5.74) is 1.85. The second kappa shape index (κ2) is 4.49. The third-order valence-electron chi connectivity index (χ3n) is 5.85. The first-order valence-corrected chi connectivity index (χ1v) is 8.24. The van der Waals surface area contributed by atoms with Crippen LogP contribution in [0.3, 0.4) is 0 Å². The van der Waals surface area contributed by atoms with Gasteiger partial charge in [0, 0.05) is 47.7 Å². The van der Waals surface area contributed by atoms with E-state index in [-0.39, 0.29) is 0 Å². The summed E-state index contributed by atoms with van der Waals surface area (Å²) in [6.07, 6.45) is 4.88. The number of hydrogen-bond donors (Lipinski definition) is 0. The standard InChI is InChI=1S/C18H22N2O2/c1-21-14-2-3-15-13(8-14)6-7-20(15)17-5-4-16(17)19-9-18(10-19)11-22-12-18/h2-3,6-8,16-17H,4-5,9-12H2,1H3. The van der Waals surface area contributed by atoms with Crippen LogP contribution in [0, 0.1) is 5.41 Å². The first-order valence-electron chi connectivity index (χ1n) is 8.24. The van der Waals surface area contributed by atoms with E-state index < -0.39 is 0 Å². The van der Waals surface area contributed by atoms with Gasteiger partial charge in [0.15, 0.2) is 0 Å². The summed E-state index contributed by atoms with van der Waals surface area (Å²) in [5.74, 6) is 0.935. The molecule has 0 bridgehead atoms. The van der Waals surface area contributed by atoms with E-state index in [1.54, 1.807) is 7.11 Å². The fourth-order valence-electron chi connectivity index (χ4n) is 4.40. The molecule has 2 atom stereocenters. The van der Waals surface area contributed by atoms with Gasteiger partial charge in [-0.25, -0.2) is 0 Å². The van der Waals surface area contributed by atoms with E-state index in [0.29, 0.717) is 17.5 Å². The minimum atomic E-state index is 0.520. The molecule has 4 heteroatoms. The molecular weight excluding hydrogens is 276 g/mol. The molecule has 3 aliphatic rings. The maximum absolute atomic E-state index is 5.39. The number of likely N-dealkylation sites (tertiary alicyclic amines) is 1. The number of hydrogen-bond acceptors (Lipinski definition) is 3. The monoisotopic (exact) mass is 298 g/mol. The molecule has 1 aromatic heterocycles. The average Bonchev–Trinajstić information content (AvgIpc) is 2.81. The van der Waals surface area contributed by atoms with Crippen molar-refractivity contribution < 1.29 is 9.47 Å². The summed E-state index contributed by atoms with van der Waals surface area (Å²) in [4.78, 5) is 2.67. The molecule has 5 rings (SSSR count). The molecule has 1 aliphatic carbocycles. The maximum Gasteiger partial charge on any atom is 0.119 e. The van der Waals surface area contributed by atoms with Crippen LogP contribution in [0.2, 0.25) is 0 Å². The first-order chi connectivity index (χ1) is 10.8. The van der Waals surface area contributed by atoms with Crippen LogP contribution in [0.4, 0.5) is 0 Å². The Bertz CT molecular complexity index is 711. The molecule has 116 valence electrons. The number of rotatable bonds is 3. The Labute approximate surface area is 130 Å². The van der Waals surface area contributed by atoms with Crippen LogP contribution in [-0.4, -0.2) is 48.9 Å². The minimum Gasteiger partial charge on any atom is -0.497 e. The summed E-state index contributed by atoms with van der Waals surface area (Å²) < 4.78 is 13.2. The molecule has 0 N–H and O–H groups in total. The molecule has 2 aromatic rings. The van der Waals surface area contributed by atoms with Crippen molar-refractivity contribution >= 4 is 10.9 Å². The maximum atomic E-state index is 5.39. The van der Waals surface area contributed by atoms with Crippen molar-refractivity contribution in [3.8, 4) is 5.75 Å². The third-order valence-corrected chi connectivity index (χ3v) is 5.85. The molecule has 0 amide bonds. The highest BCUT2D eigenvalue weighted by atomic mass is 16.5. The Morgan fingerprint density at radius 3 is 2.59 bits per heavy atom. The molecule has 1 spiro atoms. The Kier molecular flexibility index (Phi) is 2.65. The minimum absolute atomic E-state index is 0.520. The van der Waals surface area contributed by atoms with Crippen LogP contribution < -0.4 is 4.74 Å². The lowest BCUT2D eigenvalue weighted by Gasteiger charge is -2.60. The van der Waals surface area contributed by atoms with Crippen LogP contribution in [0.25, 0.3) is 10.9 Å². The highest BCUT2D eigenvalue weighted by Gasteiger charge is 2.53. The molecule has 4 nitrogen and oxygen atoms in total. The lowest BCUT2D eigenvalue weighted by Crippen LogP contribution is -2.70. The summed E-state index contributed by atoms with van der Waals surface area (Å²) in [7, 11) is 1.73. The van der Waals surface area contributed by atoms with Gasteiger partial charge in [0.25, 0.3) is 0 Å². The number of nitrogens with zero attached hydrogens (tertiary/aromatic N) is 2.